The molecule has 1 heterocycles. The average molecular weight is 1500 g/mol. The van der Waals surface area contributed by atoms with Crippen LogP contribution in [0.2, 0.25) is 0 Å². The first-order chi connectivity index (χ1) is 40.6. The van der Waals surface area contributed by atoms with Crippen molar-refractivity contribution in [3.63, 3.8) is 0 Å². The van der Waals surface area contributed by atoms with Gasteiger partial charge in [0.15, 0.2) is 17.3 Å². The van der Waals surface area contributed by atoms with Crippen LogP contribution < -0.4 is 15.5 Å². The molecule has 0 bridgehead atoms. The lowest BCUT2D eigenvalue weighted by atomic mass is 9.97. The molecule has 3 N–H and O–H groups in total. The van der Waals surface area contributed by atoms with Crippen LogP contribution in [0.25, 0.3) is 32.3 Å². The van der Waals surface area contributed by atoms with E-state index in [0.29, 0.717) is 28.7 Å². The minimum absolute atomic E-state index is 0.113. The number of rotatable bonds is 10. The van der Waals surface area contributed by atoms with Crippen LogP contribution >= 0.6 is 95.6 Å². The summed E-state index contributed by atoms with van der Waals surface area (Å²) in [5.74, 6) is 0.319. The van der Waals surface area contributed by atoms with E-state index >= 15 is 0 Å². The van der Waals surface area contributed by atoms with E-state index in [4.69, 9.17) is 5.73 Å². The van der Waals surface area contributed by atoms with Crippen LogP contribution in [0.5, 0.6) is 0 Å². The zero-order valence-electron chi connectivity index (χ0n) is 44.8. The number of amides is 2. The number of carbonyl (C=O) groups excluding carboxylic acids is 4. The molecule has 1 aliphatic heterocycles. The molecular weight excluding hydrogens is 1440 g/mol. The molecule has 2 amide bonds. The number of hydrogen-bond acceptors (Lipinski definition) is 7. The number of aliphatic imine (C=N–C) groups is 1. The van der Waals surface area contributed by atoms with Gasteiger partial charge in [-0.25, -0.2) is 9.59 Å². The fraction of sp³-hybridized carbons (Fsp3) is 0.0725. The van der Waals surface area contributed by atoms with Gasteiger partial charge in [0.05, 0.1) is 17.6 Å². The number of alkyl halides is 1. The fourth-order valence-corrected chi connectivity index (χ4v) is 10.6. The maximum Gasteiger partial charge on any atom is 0.331 e. The van der Waals surface area contributed by atoms with Crippen molar-refractivity contribution in [1.29, 1.82) is 0 Å². The minimum atomic E-state index is -1.53. The summed E-state index contributed by atoms with van der Waals surface area (Å²) in [5, 5.41) is 19.0. The molecule has 12 rings (SSSR count). The van der Waals surface area contributed by atoms with Crippen LogP contribution in [0, 0.1) is 0 Å². The number of halogens is 6. The molecule has 0 spiro atoms. The van der Waals surface area contributed by atoms with Crippen molar-refractivity contribution in [2.45, 2.75) is 18.6 Å². The molecule has 1 unspecified atom stereocenters. The lowest BCUT2D eigenvalue weighted by Gasteiger charge is -2.32. The lowest BCUT2D eigenvalue weighted by Crippen LogP contribution is -2.44. The van der Waals surface area contributed by atoms with Gasteiger partial charge in [0.1, 0.15) is 0 Å². The second-order valence-electron chi connectivity index (χ2n) is 19.0. The Labute approximate surface area is 538 Å². The first kappa shape index (κ1) is 62.9. The number of fused-ring (bicyclic) bond motifs is 3. The quantitative estimate of drug-likeness (QED) is 0.0461. The van der Waals surface area contributed by atoms with Crippen molar-refractivity contribution in [3.8, 4) is 0 Å². The highest BCUT2D eigenvalue weighted by molar-refractivity contribution is 9.11. The highest BCUT2D eigenvalue weighted by Gasteiger charge is 2.51. The standard InChI is InChI=1S/C25H18Br2N2O2.C19H15BrO.C12H9BrO.C7H4BrNO.C6H6BrN/c26-20-7-11-22(12-8-20)28-16-25(31,19-6-5-17-3-1-2-4-18(17)15-19)29(24(28)30)23-13-9-21(27)10-14-23;20-18-10-5-14(6-11-18)7-12-19(21)17-9-8-15-3-1-2-4-16(15)13-17;13-8-12(14)11-6-5-9-3-1-2-4-10(9)7-11;8-6-1-3-7(4-2-6)9-5-10;7-5-1-3-6(8)4-2-5/h1-15,31H,16H2;1-6,8-11,13H,7,12H2;1-7H,8H2;1-4H;1-4H,8H2. The number of nitrogens with two attached hydrogens (primary N) is 1. The number of urea groups is 1. The summed E-state index contributed by atoms with van der Waals surface area (Å²) < 4.78 is 4.93. The number of nitrogen functional groups attached to an aromatic ring is 1. The molecule has 11 aromatic carbocycles. The van der Waals surface area contributed by atoms with Crippen LogP contribution in [-0.4, -0.2) is 40.7 Å². The molecule has 1 fully saturated rings. The predicted octanol–water partition coefficient (Wildman–Crippen LogP) is 19.9. The predicted molar refractivity (Wildman–Crippen MR) is 365 cm³/mol. The number of β-amino-alcohol motifs (C(OH)–C–C–N with tert-alkyl or cyclic N) is 1. The molecule has 0 radical (unpaired) electrons. The maximum atomic E-state index is 13.6. The van der Waals surface area contributed by atoms with E-state index in [-0.39, 0.29) is 24.1 Å². The SMILES string of the molecule is Nc1ccc(Br)cc1.O=C(CBr)c1ccc2ccccc2c1.O=C(CCc1ccc(Br)cc1)c1ccc2ccccc2c1.O=C1N(c2ccc(Br)cc2)CC(O)(c2ccc3ccccc3c2)N1c1ccc(Br)cc1.O=C=Nc1ccc(Br)cc1. The number of carbonyl (C=O) groups is 3. The number of aryl methyl sites for hydroxylation is 1. The smallest absolute Gasteiger partial charge is 0.331 e. The number of benzene rings is 11. The Morgan fingerprint density at radius 1 is 0.500 bits per heavy atom. The van der Waals surface area contributed by atoms with Crippen LogP contribution in [0.15, 0.2) is 276 Å². The zero-order chi connectivity index (χ0) is 59.6. The van der Waals surface area contributed by atoms with Gasteiger partial charge in [0.2, 0.25) is 6.08 Å². The molecule has 420 valence electrons. The Bertz CT molecular complexity index is 4070. The van der Waals surface area contributed by atoms with Crippen molar-refractivity contribution in [3.05, 3.63) is 293 Å². The van der Waals surface area contributed by atoms with Crippen LogP contribution in [0.3, 0.4) is 0 Å². The molecular formula is C69H52Br6N4O5. The van der Waals surface area contributed by atoms with E-state index < -0.39 is 5.72 Å². The van der Waals surface area contributed by atoms with E-state index in [9.17, 15) is 24.3 Å². The monoisotopic (exact) mass is 1490 g/mol. The van der Waals surface area contributed by atoms with Gasteiger partial charge >= 0.3 is 6.03 Å². The number of nitrogens with zero attached hydrogens (tertiary/aromatic N) is 3. The summed E-state index contributed by atoms with van der Waals surface area (Å²) in [6.45, 7) is 0.113. The Morgan fingerprint density at radius 2 is 0.905 bits per heavy atom. The topological polar surface area (TPSA) is 133 Å². The first-order valence-electron chi connectivity index (χ1n) is 26.1. The van der Waals surface area contributed by atoms with Gasteiger partial charge in [-0.05, 0) is 172 Å². The molecule has 1 aliphatic rings. The fourth-order valence-electron chi connectivity index (χ4n) is 8.92. The summed E-state index contributed by atoms with van der Waals surface area (Å²) in [6, 6.07) is 79.0. The number of Topliss-reactive ketones (excluding diaryl/α,β-unsaturated/α-hetero) is 2. The molecule has 1 atom stereocenters. The third-order valence-corrected chi connectivity index (χ3v) is 16.4. The van der Waals surface area contributed by atoms with Gasteiger partial charge in [-0.3, -0.25) is 19.4 Å². The van der Waals surface area contributed by atoms with Crippen molar-refractivity contribution in [2.24, 2.45) is 4.99 Å². The molecule has 0 saturated carbocycles. The Balaban J connectivity index is 0.000000150. The summed E-state index contributed by atoms with van der Waals surface area (Å²) >= 11 is 20.0. The number of hydrogen-bond donors (Lipinski definition) is 2. The highest BCUT2D eigenvalue weighted by atomic mass is 79.9. The van der Waals surface area contributed by atoms with E-state index in [1.165, 1.54) is 27.3 Å². The summed E-state index contributed by atoms with van der Waals surface area (Å²) in [7, 11) is 0. The third kappa shape index (κ3) is 17.2. The largest absolute Gasteiger partial charge is 0.399 e. The summed E-state index contributed by atoms with van der Waals surface area (Å²) in [5.41, 5.74) is 10.1. The first-order valence-corrected chi connectivity index (χ1v) is 31.2. The second kappa shape index (κ2) is 30.6. The maximum absolute atomic E-state index is 13.6. The average Bonchev–Trinajstić information content (AvgIpc) is 2.36. The van der Waals surface area contributed by atoms with Gasteiger partial charge in [-0.2, -0.15) is 4.99 Å². The number of isocyanates is 1. The van der Waals surface area contributed by atoms with Gasteiger partial charge in [0.25, 0.3) is 0 Å². The zero-order valence-corrected chi connectivity index (χ0v) is 54.3. The van der Waals surface area contributed by atoms with E-state index in [1.54, 1.807) is 17.0 Å². The number of aliphatic hydroxyl groups is 1. The normalized spacial score (nSPS) is 13.2. The lowest BCUT2D eigenvalue weighted by molar-refractivity contribution is 0.0656. The second-order valence-corrected chi connectivity index (χ2v) is 24.1. The van der Waals surface area contributed by atoms with Crippen molar-refractivity contribution >= 4 is 174 Å². The van der Waals surface area contributed by atoms with Crippen LogP contribution in [0.1, 0.15) is 38.3 Å². The van der Waals surface area contributed by atoms with Gasteiger partial charge < -0.3 is 10.8 Å². The Morgan fingerprint density at radius 3 is 1.37 bits per heavy atom. The molecule has 0 aliphatic carbocycles. The van der Waals surface area contributed by atoms with Crippen LogP contribution in [-0.2, 0) is 16.9 Å². The van der Waals surface area contributed by atoms with Crippen molar-refractivity contribution < 1.29 is 24.3 Å². The number of ketones is 2. The molecule has 9 nitrogen and oxygen atoms in total. The summed E-state index contributed by atoms with van der Waals surface area (Å²) in [4.78, 5) is 53.6. The van der Waals surface area contributed by atoms with Gasteiger partial charge in [-0.15, -0.1) is 0 Å². The molecule has 0 aromatic heterocycles. The van der Waals surface area contributed by atoms with Gasteiger partial charge in [0, 0.05) is 62.5 Å². The third-order valence-electron chi connectivity index (χ3n) is 13.3. The van der Waals surface area contributed by atoms with E-state index in [0.717, 1.165) is 72.8 Å². The Kier molecular flexibility index (Phi) is 22.9. The Hall–Kier alpha value is -7.17. The minimum Gasteiger partial charge on any atom is -0.399 e. The summed E-state index contributed by atoms with van der Waals surface area (Å²) in [6.07, 6.45) is 2.78. The van der Waals surface area contributed by atoms with Crippen LogP contribution in [0.4, 0.5) is 27.5 Å². The van der Waals surface area contributed by atoms with Crippen molar-refractivity contribution in [2.75, 3.05) is 27.4 Å². The molecule has 84 heavy (non-hydrogen) atoms. The molecule has 1 saturated heterocycles. The molecule has 11 aromatic rings. The van der Waals surface area contributed by atoms with E-state index in [2.05, 4.69) is 119 Å². The van der Waals surface area contributed by atoms with Crippen molar-refractivity contribution in [1.82, 2.24) is 0 Å². The highest BCUT2D eigenvalue weighted by Crippen LogP contribution is 2.41. The molecule has 15 heteroatoms. The van der Waals surface area contributed by atoms with Gasteiger partial charge in [-0.1, -0.05) is 217 Å². The van der Waals surface area contributed by atoms with E-state index in [1.807, 2.05) is 218 Å². The number of anilines is 3.